The van der Waals surface area contributed by atoms with Crippen molar-refractivity contribution in [3.8, 4) is 0 Å². The second kappa shape index (κ2) is 8.66. The number of amides is 2. The summed E-state index contributed by atoms with van der Waals surface area (Å²) in [5.41, 5.74) is 7.28. The van der Waals surface area contributed by atoms with E-state index in [0.717, 1.165) is 35.2 Å². The largest absolute Gasteiger partial charge is 0.366 e. The molecule has 1 N–H and O–H groups in total. The van der Waals surface area contributed by atoms with Crippen LogP contribution in [0.15, 0.2) is 35.9 Å². The minimum atomic E-state index is -0.461. The molecule has 34 heavy (non-hydrogen) atoms. The highest BCUT2D eigenvalue weighted by Crippen LogP contribution is 2.44. The van der Waals surface area contributed by atoms with Crippen molar-refractivity contribution in [2.24, 2.45) is 0 Å². The molecule has 1 saturated heterocycles. The van der Waals surface area contributed by atoms with Crippen LogP contribution in [0.2, 0.25) is 0 Å². The fourth-order valence-corrected chi connectivity index (χ4v) is 5.77. The van der Waals surface area contributed by atoms with Crippen molar-refractivity contribution < 1.29 is 9.59 Å². The number of benzene rings is 2. The molecule has 0 radical (unpaired) electrons. The van der Waals surface area contributed by atoms with Crippen molar-refractivity contribution in [3.63, 3.8) is 0 Å². The topological polar surface area (TPSA) is 52.7 Å². The molecule has 2 heterocycles. The molecular formula is C28H33N3O2S. The molecule has 5 nitrogen and oxygen atoms in total. The third kappa shape index (κ3) is 4.05. The molecule has 2 aromatic rings. The Balaban J connectivity index is 1.79. The van der Waals surface area contributed by atoms with E-state index in [2.05, 4.69) is 50.0 Å². The van der Waals surface area contributed by atoms with Crippen molar-refractivity contribution in [1.29, 1.82) is 0 Å². The number of carbonyl (C=O) groups excluding carboxylic acids is 2. The van der Waals surface area contributed by atoms with Gasteiger partial charge < -0.3 is 4.90 Å². The summed E-state index contributed by atoms with van der Waals surface area (Å²) in [4.78, 5) is 30.3. The monoisotopic (exact) mass is 475 g/mol. The lowest BCUT2D eigenvalue weighted by molar-refractivity contribution is -0.122. The summed E-state index contributed by atoms with van der Waals surface area (Å²) in [6, 6.07) is 10.2. The molecule has 2 aromatic carbocycles. The highest BCUT2D eigenvalue weighted by atomic mass is 32.1. The lowest BCUT2D eigenvalue weighted by Gasteiger charge is -2.47. The summed E-state index contributed by atoms with van der Waals surface area (Å²) >= 11 is 5.38. The molecule has 2 aliphatic heterocycles. The number of rotatable bonds is 3. The smallest absolute Gasteiger partial charge is 0.270 e. The summed E-state index contributed by atoms with van der Waals surface area (Å²) < 4.78 is 0. The Kier molecular flexibility index (Phi) is 6.15. The van der Waals surface area contributed by atoms with Crippen molar-refractivity contribution in [1.82, 2.24) is 5.32 Å². The molecule has 0 aliphatic carbocycles. The Morgan fingerprint density at radius 2 is 1.79 bits per heavy atom. The van der Waals surface area contributed by atoms with Gasteiger partial charge in [-0.05, 0) is 113 Å². The molecule has 0 aromatic heterocycles. The van der Waals surface area contributed by atoms with Crippen molar-refractivity contribution in [2.75, 3.05) is 16.3 Å². The van der Waals surface area contributed by atoms with Gasteiger partial charge in [-0.2, -0.15) is 0 Å². The minimum Gasteiger partial charge on any atom is -0.366 e. The van der Waals surface area contributed by atoms with E-state index < -0.39 is 11.8 Å². The van der Waals surface area contributed by atoms with Gasteiger partial charge in [-0.15, -0.1) is 0 Å². The van der Waals surface area contributed by atoms with Crippen LogP contribution in [0, 0.1) is 20.8 Å². The highest BCUT2D eigenvalue weighted by molar-refractivity contribution is 7.80. The Labute approximate surface area is 207 Å². The summed E-state index contributed by atoms with van der Waals surface area (Å²) in [7, 11) is 0. The molecule has 0 bridgehead atoms. The van der Waals surface area contributed by atoms with Gasteiger partial charge in [-0.1, -0.05) is 24.6 Å². The predicted octanol–water partition coefficient (Wildman–Crippen LogP) is 5.56. The van der Waals surface area contributed by atoms with Gasteiger partial charge in [-0.3, -0.25) is 19.8 Å². The summed E-state index contributed by atoms with van der Waals surface area (Å²) in [6.07, 6.45) is 2.76. The zero-order chi connectivity index (χ0) is 24.9. The molecule has 6 heteroatoms. The predicted molar refractivity (Wildman–Crippen MR) is 143 cm³/mol. The number of carbonyl (C=O) groups is 2. The van der Waals surface area contributed by atoms with Crippen LogP contribution in [0.5, 0.6) is 0 Å². The summed E-state index contributed by atoms with van der Waals surface area (Å²) in [5, 5.41) is 2.82. The van der Waals surface area contributed by atoms with Gasteiger partial charge in [0, 0.05) is 17.8 Å². The molecule has 2 aliphatic rings. The van der Waals surface area contributed by atoms with E-state index in [1.165, 1.54) is 16.2 Å². The average Bonchev–Trinajstić information content (AvgIpc) is 2.72. The number of nitrogens with zero attached hydrogens (tertiary/aromatic N) is 2. The van der Waals surface area contributed by atoms with Gasteiger partial charge in [0.05, 0.1) is 5.69 Å². The molecule has 0 saturated carbocycles. The number of anilines is 2. The van der Waals surface area contributed by atoms with Crippen molar-refractivity contribution in [3.05, 3.63) is 63.7 Å². The Hall–Kier alpha value is -2.99. The van der Waals surface area contributed by atoms with E-state index in [1.807, 2.05) is 39.0 Å². The second-order valence-electron chi connectivity index (χ2n) is 10.2. The van der Waals surface area contributed by atoms with Gasteiger partial charge >= 0.3 is 0 Å². The van der Waals surface area contributed by atoms with Crippen LogP contribution >= 0.6 is 12.2 Å². The molecule has 1 fully saturated rings. The van der Waals surface area contributed by atoms with E-state index in [4.69, 9.17) is 12.2 Å². The number of hydrogen-bond donors (Lipinski definition) is 1. The molecule has 178 valence electrons. The molecule has 2 amide bonds. The van der Waals surface area contributed by atoms with Gasteiger partial charge in [-0.25, -0.2) is 0 Å². The van der Waals surface area contributed by atoms with E-state index >= 15 is 0 Å². The maximum absolute atomic E-state index is 13.5. The first kappa shape index (κ1) is 24.1. The average molecular weight is 476 g/mol. The molecule has 4 rings (SSSR count). The molecule has 1 atom stereocenters. The Morgan fingerprint density at radius 3 is 2.44 bits per heavy atom. The molecular weight excluding hydrogens is 442 g/mol. The quantitative estimate of drug-likeness (QED) is 0.359. The first-order chi connectivity index (χ1) is 15.9. The molecule has 0 unspecified atom stereocenters. The van der Waals surface area contributed by atoms with Gasteiger partial charge in [0.25, 0.3) is 11.8 Å². The van der Waals surface area contributed by atoms with E-state index in [0.29, 0.717) is 11.6 Å². The zero-order valence-corrected chi connectivity index (χ0v) is 21.9. The fraction of sp³-hybridized carbons (Fsp3) is 0.393. The van der Waals surface area contributed by atoms with Crippen LogP contribution in [0.3, 0.4) is 0 Å². The third-order valence-corrected chi connectivity index (χ3v) is 7.37. The normalized spacial score (nSPS) is 21.1. The first-order valence-electron chi connectivity index (χ1n) is 11.9. The second-order valence-corrected chi connectivity index (χ2v) is 10.6. The fourth-order valence-electron chi connectivity index (χ4n) is 5.49. The maximum Gasteiger partial charge on any atom is 0.270 e. The maximum atomic E-state index is 13.5. The first-order valence-corrected chi connectivity index (χ1v) is 12.3. The zero-order valence-electron chi connectivity index (χ0n) is 21.1. The van der Waals surface area contributed by atoms with Crippen LogP contribution < -0.4 is 15.1 Å². The number of nitrogens with one attached hydrogen (secondary N) is 1. The number of hydrogen-bond acceptors (Lipinski definition) is 4. The lowest BCUT2D eigenvalue weighted by atomic mass is 9.79. The SMILES string of the molecule is CCN1c2cc(C)c(/C=C3\C(=O)NC(=S)N(c4ccc(C)cc4C)C3=O)cc2[C@H](C)CC1(C)C. The van der Waals surface area contributed by atoms with Gasteiger partial charge in [0.1, 0.15) is 5.57 Å². The van der Waals surface area contributed by atoms with E-state index in [1.54, 1.807) is 6.08 Å². The van der Waals surface area contributed by atoms with Crippen LogP contribution in [-0.2, 0) is 9.59 Å². The van der Waals surface area contributed by atoms with Crippen LogP contribution in [0.4, 0.5) is 11.4 Å². The number of aryl methyl sites for hydroxylation is 3. The Bertz CT molecular complexity index is 1240. The summed E-state index contributed by atoms with van der Waals surface area (Å²) in [6.45, 7) is 15.9. The van der Waals surface area contributed by atoms with Gasteiger partial charge in [0.2, 0.25) is 0 Å². The van der Waals surface area contributed by atoms with Crippen molar-refractivity contribution in [2.45, 2.75) is 66.3 Å². The third-order valence-electron chi connectivity index (χ3n) is 7.08. The van der Waals surface area contributed by atoms with Crippen molar-refractivity contribution >= 4 is 46.6 Å². The summed E-state index contributed by atoms with van der Waals surface area (Å²) in [5.74, 6) is -0.486. The van der Waals surface area contributed by atoms with Crippen LogP contribution in [0.25, 0.3) is 6.08 Å². The standard InChI is InChI=1S/C28H33N3O2S/c1-8-30-24-12-17(3)20(13-21(24)19(5)15-28(30,6)7)14-22-25(32)29-27(34)31(26(22)33)23-10-9-16(2)11-18(23)4/h9-14,19H,8,15H2,1-7H3,(H,29,32,34)/b22-14+/t19-/m1/s1. The minimum absolute atomic E-state index is 0.0783. The lowest BCUT2D eigenvalue weighted by Crippen LogP contribution is -2.54. The van der Waals surface area contributed by atoms with Gasteiger partial charge in [0.15, 0.2) is 5.11 Å². The van der Waals surface area contributed by atoms with Crippen LogP contribution in [0.1, 0.15) is 67.9 Å². The Morgan fingerprint density at radius 1 is 1.09 bits per heavy atom. The number of thiocarbonyl (C=S) groups is 1. The molecule has 0 spiro atoms. The highest BCUT2D eigenvalue weighted by Gasteiger charge is 2.37. The van der Waals surface area contributed by atoms with Crippen LogP contribution in [-0.4, -0.2) is 29.0 Å². The van der Waals surface area contributed by atoms with E-state index in [9.17, 15) is 9.59 Å². The van der Waals surface area contributed by atoms with E-state index in [-0.39, 0.29) is 16.2 Å². The number of fused-ring (bicyclic) bond motifs is 1.